The first-order valence-corrected chi connectivity index (χ1v) is 9.96. The van der Waals surface area contributed by atoms with Gasteiger partial charge in [0.05, 0.1) is 17.9 Å². The Hall–Kier alpha value is -2.46. The maximum absolute atomic E-state index is 14.7. The van der Waals surface area contributed by atoms with E-state index in [1.807, 2.05) is 24.3 Å². The van der Waals surface area contributed by atoms with Crippen LogP contribution in [0.4, 0.5) is 15.8 Å². The second-order valence-corrected chi connectivity index (χ2v) is 7.86. The molecule has 1 aliphatic carbocycles. The van der Waals surface area contributed by atoms with Crippen molar-refractivity contribution in [2.75, 3.05) is 11.9 Å². The van der Waals surface area contributed by atoms with Crippen molar-refractivity contribution in [1.82, 2.24) is 15.3 Å². The largest absolute Gasteiger partial charge is 0.355 e. The molecule has 144 valence electrons. The fourth-order valence-electron chi connectivity index (χ4n) is 2.69. The van der Waals surface area contributed by atoms with Gasteiger partial charge in [0.15, 0.2) is 0 Å². The number of benzene rings is 2. The average molecular weight is 492 g/mol. The van der Waals surface area contributed by atoms with Gasteiger partial charge in [-0.15, -0.1) is 0 Å². The van der Waals surface area contributed by atoms with Crippen LogP contribution in [0.25, 0.3) is 5.69 Å². The first-order chi connectivity index (χ1) is 13.6. The number of amides is 1. The Labute approximate surface area is 175 Å². The zero-order chi connectivity index (χ0) is 19.5. The molecule has 0 atom stereocenters. The second kappa shape index (κ2) is 8.27. The van der Waals surface area contributed by atoms with Crippen molar-refractivity contribution in [2.24, 2.45) is 5.92 Å². The number of carbonyl (C=O) groups is 1. The van der Waals surface area contributed by atoms with E-state index in [2.05, 4.69) is 38.5 Å². The molecule has 0 aliphatic heterocycles. The lowest BCUT2D eigenvalue weighted by Crippen LogP contribution is -2.26. The van der Waals surface area contributed by atoms with E-state index in [0.717, 1.165) is 22.1 Å². The molecule has 2 aromatic carbocycles. The van der Waals surface area contributed by atoms with Gasteiger partial charge in [-0.1, -0.05) is 0 Å². The van der Waals surface area contributed by atoms with Crippen molar-refractivity contribution in [3.05, 3.63) is 69.8 Å². The Morgan fingerprint density at radius 2 is 2.07 bits per heavy atom. The third kappa shape index (κ3) is 4.50. The number of aromatic nitrogens is 2. The number of anilines is 2. The molecule has 0 spiro atoms. The fourth-order valence-corrected chi connectivity index (χ4v) is 3.05. The lowest BCUT2D eigenvalue weighted by atomic mass is 10.1. The Balaban J connectivity index is 1.64. The molecular weight excluding hydrogens is 474 g/mol. The van der Waals surface area contributed by atoms with Crippen LogP contribution in [-0.2, 0) is 4.84 Å². The molecule has 1 aromatic heterocycles. The highest BCUT2D eigenvalue weighted by molar-refractivity contribution is 14.1. The molecule has 8 heteroatoms. The molecule has 0 bridgehead atoms. The molecule has 0 radical (unpaired) electrons. The molecule has 0 unspecified atom stereocenters. The van der Waals surface area contributed by atoms with Crippen LogP contribution in [0.3, 0.4) is 0 Å². The highest BCUT2D eigenvalue weighted by atomic mass is 127. The van der Waals surface area contributed by atoms with E-state index in [9.17, 15) is 9.18 Å². The number of hydrogen-bond acceptors (Lipinski definition) is 4. The molecule has 6 nitrogen and oxygen atoms in total. The van der Waals surface area contributed by atoms with Gasteiger partial charge in [-0.2, -0.15) is 5.10 Å². The van der Waals surface area contributed by atoms with Gasteiger partial charge in [-0.05, 0) is 83.8 Å². The topological polar surface area (TPSA) is 68.2 Å². The summed E-state index contributed by atoms with van der Waals surface area (Å²) in [5.41, 5.74) is 4.06. The van der Waals surface area contributed by atoms with Crippen molar-refractivity contribution in [2.45, 2.75) is 12.8 Å². The van der Waals surface area contributed by atoms with Crippen LogP contribution >= 0.6 is 22.6 Å². The van der Waals surface area contributed by atoms with E-state index in [0.29, 0.717) is 18.2 Å². The Bertz CT molecular complexity index is 973. The summed E-state index contributed by atoms with van der Waals surface area (Å²) in [5, 5.41) is 7.27. The highest BCUT2D eigenvalue weighted by Gasteiger charge is 2.23. The number of hydrogen-bond donors (Lipinski definition) is 2. The van der Waals surface area contributed by atoms with Crippen molar-refractivity contribution >= 4 is 39.9 Å². The molecule has 4 rings (SSSR count). The maximum atomic E-state index is 14.7. The minimum absolute atomic E-state index is 0.155. The number of hydroxylamine groups is 1. The maximum Gasteiger partial charge on any atom is 0.277 e. The van der Waals surface area contributed by atoms with E-state index in [-0.39, 0.29) is 11.3 Å². The van der Waals surface area contributed by atoms with Crippen LogP contribution in [0, 0.1) is 15.3 Å². The van der Waals surface area contributed by atoms with Crippen LogP contribution in [0.15, 0.2) is 54.9 Å². The van der Waals surface area contributed by atoms with Gasteiger partial charge in [-0.3, -0.25) is 9.63 Å². The molecule has 0 saturated heterocycles. The summed E-state index contributed by atoms with van der Waals surface area (Å²) in [5.74, 6) is -0.549. The summed E-state index contributed by atoms with van der Waals surface area (Å²) < 4.78 is 17.2. The summed E-state index contributed by atoms with van der Waals surface area (Å²) in [6.45, 7) is 0.472. The Kier molecular flexibility index (Phi) is 5.58. The number of halogens is 2. The van der Waals surface area contributed by atoms with Crippen LogP contribution < -0.4 is 10.8 Å². The molecule has 1 heterocycles. The molecule has 1 fully saturated rings. The first kappa shape index (κ1) is 18.9. The van der Waals surface area contributed by atoms with Gasteiger partial charge in [-0.25, -0.2) is 14.6 Å². The second-order valence-electron chi connectivity index (χ2n) is 6.62. The Morgan fingerprint density at radius 3 is 2.75 bits per heavy atom. The number of carbonyl (C=O) groups excluding carboxylic acids is 1. The standard InChI is InChI=1S/C20H18FIN4O2/c21-17-10-16(20(27)25-28-12-13-2-3-13)18(11-19(17)26-9-1-8-23-26)24-15-6-4-14(22)5-7-15/h1,4-11,13,24H,2-3,12H2,(H,25,27). The van der Waals surface area contributed by atoms with E-state index in [4.69, 9.17) is 4.84 Å². The van der Waals surface area contributed by atoms with E-state index >= 15 is 0 Å². The molecule has 1 saturated carbocycles. The van der Waals surface area contributed by atoms with Crippen LogP contribution in [0.2, 0.25) is 0 Å². The molecule has 1 amide bonds. The van der Waals surface area contributed by atoms with E-state index in [1.54, 1.807) is 24.5 Å². The smallest absolute Gasteiger partial charge is 0.277 e. The minimum atomic E-state index is -0.552. The summed E-state index contributed by atoms with van der Waals surface area (Å²) in [4.78, 5) is 17.9. The van der Waals surface area contributed by atoms with Crippen LogP contribution in [0.1, 0.15) is 23.2 Å². The van der Waals surface area contributed by atoms with Crippen molar-refractivity contribution < 1.29 is 14.0 Å². The highest BCUT2D eigenvalue weighted by Crippen LogP contribution is 2.29. The molecular formula is C20H18FIN4O2. The Morgan fingerprint density at radius 1 is 1.29 bits per heavy atom. The number of rotatable bonds is 7. The number of nitrogens with zero attached hydrogens (tertiary/aromatic N) is 2. The van der Waals surface area contributed by atoms with E-state index < -0.39 is 11.7 Å². The quantitative estimate of drug-likeness (QED) is 0.379. The van der Waals surface area contributed by atoms with Crippen LogP contribution in [0.5, 0.6) is 0 Å². The van der Waals surface area contributed by atoms with Crippen molar-refractivity contribution in [3.8, 4) is 5.69 Å². The first-order valence-electron chi connectivity index (χ1n) is 8.88. The minimum Gasteiger partial charge on any atom is -0.355 e. The average Bonchev–Trinajstić information content (AvgIpc) is 3.35. The summed E-state index contributed by atoms with van der Waals surface area (Å²) in [7, 11) is 0. The molecule has 3 aromatic rings. The zero-order valence-corrected chi connectivity index (χ0v) is 17.0. The fraction of sp³-hybridized carbons (Fsp3) is 0.200. The van der Waals surface area contributed by atoms with E-state index in [1.165, 1.54) is 10.7 Å². The van der Waals surface area contributed by atoms with Gasteiger partial charge >= 0.3 is 0 Å². The summed E-state index contributed by atoms with van der Waals surface area (Å²) in [6.07, 6.45) is 5.44. The normalized spacial score (nSPS) is 13.4. The zero-order valence-electron chi connectivity index (χ0n) is 14.9. The van der Waals surface area contributed by atoms with Gasteiger partial charge in [0.2, 0.25) is 0 Å². The van der Waals surface area contributed by atoms with Gasteiger partial charge < -0.3 is 5.32 Å². The lowest BCUT2D eigenvalue weighted by molar-refractivity contribution is 0.0270. The third-order valence-electron chi connectivity index (χ3n) is 4.39. The lowest BCUT2D eigenvalue weighted by Gasteiger charge is -2.15. The number of nitrogens with one attached hydrogen (secondary N) is 2. The summed E-state index contributed by atoms with van der Waals surface area (Å²) >= 11 is 2.22. The SMILES string of the molecule is O=C(NOCC1CC1)c1cc(F)c(-n2cccn2)cc1Nc1ccc(I)cc1. The summed E-state index contributed by atoms with van der Waals surface area (Å²) in [6, 6.07) is 12.1. The predicted octanol–water partition coefficient (Wildman–Crippen LogP) is 4.43. The third-order valence-corrected chi connectivity index (χ3v) is 5.11. The molecule has 28 heavy (non-hydrogen) atoms. The van der Waals surface area contributed by atoms with Crippen LogP contribution in [-0.4, -0.2) is 22.3 Å². The molecule has 2 N–H and O–H groups in total. The van der Waals surface area contributed by atoms with Crippen molar-refractivity contribution in [3.63, 3.8) is 0 Å². The van der Waals surface area contributed by atoms with Gasteiger partial charge in [0, 0.05) is 21.7 Å². The van der Waals surface area contributed by atoms with Gasteiger partial charge in [0.25, 0.3) is 5.91 Å². The predicted molar refractivity (Wildman–Crippen MR) is 112 cm³/mol. The van der Waals surface area contributed by atoms with Crippen molar-refractivity contribution in [1.29, 1.82) is 0 Å². The molecule has 1 aliphatic rings. The monoisotopic (exact) mass is 492 g/mol. The van der Waals surface area contributed by atoms with Gasteiger partial charge in [0.1, 0.15) is 11.5 Å².